The van der Waals surface area contributed by atoms with Gasteiger partial charge in [0.2, 0.25) is 0 Å². The van der Waals surface area contributed by atoms with E-state index in [1.165, 1.54) is 0 Å². The molecule has 0 aliphatic heterocycles. The molecule has 2 rings (SSSR count). The van der Waals surface area contributed by atoms with Gasteiger partial charge >= 0.3 is 0 Å². The number of ether oxygens (including phenoxy) is 1. The number of nitrogens with two attached hydrogens (primary N) is 1. The first-order valence-corrected chi connectivity index (χ1v) is 6.33. The molecule has 0 saturated heterocycles. The van der Waals surface area contributed by atoms with Gasteiger partial charge in [-0.3, -0.25) is 9.89 Å². The first-order chi connectivity index (χ1) is 9.66. The Kier molecular flexibility index (Phi) is 4.67. The fraction of sp³-hybridized carbons (Fsp3) is 0.154. The third kappa shape index (κ3) is 3.79. The van der Waals surface area contributed by atoms with E-state index in [9.17, 15) is 4.79 Å². The molecule has 104 valence electrons. The highest BCUT2D eigenvalue weighted by atomic mass is 32.1. The van der Waals surface area contributed by atoms with Gasteiger partial charge in [-0.1, -0.05) is 24.4 Å². The first-order valence-electron chi connectivity index (χ1n) is 5.93. The number of aromatic nitrogens is 2. The Morgan fingerprint density at radius 1 is 1.45 bits per heavy atom. The summed E-state index contributed by atoms with van der Waals surface area (Å²) < 4.78 is 5.43. The minimum Gasteiger partial charge on any atom is -0.483 e. The molecule has 0 fully saturated rings. The highest BCUT2D eigenvalue weighted by Gasteiger charge is 2.08. The topological polar surface area (TPSA) is 93.0 Å². The van der Waals surface area contributed by atoms with Crippen molar-refractivity contribution < 1.29 is 9.53 Å². The molecule has 0 unspecified atom stereocenters. The van der Waals surface area contributed by atoms with Crippen LogP contribution >= 0.6 is 12.2 Å². The van der Waals surface area contributed by atoms with Crippen molar-refractivity contribution in [3.05, 3.63) is 47.8 Å². The molecule has 0 aliphatic carbocycles. The van der Waals surface area contributed by atoms with Crippen LogP contribution in [0.1, 0.15) is 11.1 Å². The highest BCUT2D eigenvalue weighted by Crippen LogP contribution is 2.17. The molecule has 1 aromatic heterocycles. The summed E-state index contributed by atoms with van der Waals surface area (Å²) >= 11 is 4.92. The van der Waals surface area contributed by atoms with Gasteiger partial charge in [0.25, 0.3) is 5.91 Å². The molecule has 4 N–H and O–H groups in total. The monoisotopic (exact) mass is 290 g/mol. The van der Waals surface area contributed by atoms with E-state index in [-0.39, 0.29) is 17.5 Å². The average molecular weight is 290 g/mol. The quantitative estimate of drug-likeness (QED) is 0.682. The van der Waals surface area contributed by atoms with Gasteiger partial charge in [0.1, 0.15) is 10.7 Å². The van der Waals surface area contributed by atoms with Crippen LogP contribution in [-0.4, -0.2) is 27.7 Å². The van der Waals surface area contributed by atoms with Crippen molar-refractivity contribution in [2.75, 3.05) is 6.61 Å². The van der Waals surface area contributed by atoms with E-state index < -0.39 is 0 Å². The fourth-order valence-corrected chi connectivity index (χ4v) is 1.73. The number of thiocarbonyl (C=S) groups is 1. The third-order valence-corrected chi connectivity index (χ3v) is 2.78. The number of benzene rings is 1. The molecule has 0 saturated carbocycles. The molecular formula is C13H14N4O2S. The van der Waals surface area contributed by atoms with Crippen LogP contribution in [0.5, 0.6) is 5.75 Å². The van der Waals surface area contributed by atoms with Crippen LogP contribution in [0.15, 0.2) is 36.7 Å². The van der Waals surface area contributed by atoms with Crippen molar-refractivity contribution in [3.8, 4) is 5.75 Å². The summed E-state index contributed by atoms with van der Waals surface area (Å²) in [6, 6.07) is 7.07. The number of aromatic amines is 1. The lowest BCUT2D eigenvalue weighted by molar-refractivity contribution is -0.123. The predicted molar refractivity (Wildman–Crippen MR) is 78.3 cm³/mol. The molecule has 0 aliphatic rings. The van der Waals surface area contributed by atoms with Crippen molar-refractivity contribution >= 4 is 23.1 Å². The number of H-pyrrole nitrogens is 1. The summed E-state index contributed by atoms with van der Waals surface area (Å²) in [7, 11) is 0. The first kappa shape index (κ1) is 14.0. The Hall–Kier alpha value is -2.41. The van der Waals surface area contributed by atoms with Gasteiger partial charge in [-0.15, -0.1) is 0 Å². The van der Waals surface area contributed by atoms with Gasteiger partial charge in [-0.25, -0.2) is 0 Å². The molecule has 1 aromatic carbocycles. The molecule has 0 spiro atoms. The maximum Gasteiger partial charge on any atom is 0.258 e. The zero-order valence-electron chi connectivity index (χ0n) is 10.6. The Balaban J connectivity index is 1.85. The maximum atomic E-state index is 11.7. The van der Waals surface area contributed by atoms with Crippen LogP contribution in [0.25, 0.3) is 0 Å². The second kappa shape index (κ2) is 6.67. The van der Waals surface area contributed by atoms with Crippen LogP contribution in [0.3, 0.4) is 0 Å². The van der Waals surface area contributed by atoms with E-state index >= 15 is 0 Å². The number of amides is 1. The van der Waals surface area contributed by atoms with Gasteiger partial charge < -0.3 is 15.8 Å². The van der Waals surface area contributed by atoms with Crippen molar-refractivity contribution in [2.45, 2.75) is 6.54 Å². The van der Waals surface area contributed by atoms with E-state index in [0.717, 1.165) is 5.56 Å². The minimum absolute atomic E-state index is 0.0997. The van der Waals surface area contributed by atoms with Gasteiger partial charge in [0, 0.05) is 18.3 Å². The summed E-state index contributed by atoms with van der Waals surface area (Å²) in [6.45, 7) is 0.299. The molecule has 7 heteroatoms. The fourth-order valence-electron chi connectivity index (χ4n) is 1.57. The summed E-state index contributed by atoms with van der Waals surface area (Å²) in [5.74, 6) is 0.266. The second-order valence-corrected chi connectivity index (χ2v) is 4.47. The molecule has 6 nitrogen and oxygen atoms in total. The van der Waals surface area contributed by atoms with Crippen LogP contribution in [0.2, 0.25) is 0 Å². The molecule has 1 amide bonds. The molecule has 0 radical (unpaired) electrons. The lowest BCUT2D eigenvalue weighted by Gasteiger charge is -2.10. The summed E-state index contributed by atoms with van der Waals surface area (Å²) in [5, 5.41) is 9.18. The van der Waals surface area contributed by atoms with Gasteiger partial charge in [0.15, 0.2) is 6.61 Å². The SMILES string of the molecule is NC(=S)c1ccccc1OCC(=O)NCc1cn[nH]c1. The van der Waals surface area contributed by atoms with Crippen LogP contribution < -0.4 is 15.8 Å². The maximum absolute atomic E-state index is 11.7. The zero-order chi connectivity index (χ0) is 14.4. The standard InChI is InChI=1S/C13H14N4O2S/c14-13(20)10-3-1-2-4-11(10)19-8-12(18)15-5-9-6-16-17-7-9/h1-4,6-7H,5,8H2,(H2,14,20)(H,15,18)(H,16,17). The normalized spacial score (nSPS) is 10.0. The lowest BCUT2D eigenvalue weighted by atomic mass is 10.2. The van der Waals surface area contributed by atoms with Crippen molar-refractivity contribution in [1.29, 1.82) is 0 Å². The van der Waals surface area contributed by atoms with Crippen LogP contribution in [0.4, 0.5) is 0 Å². The molecule has 1 heterocycles. The average Bonchev–Trinajstić information content (AvgIpc) is 2.96. The van der Waals surface area contributed by atoms with E-state index in [1.54, 1.807) is 36.7 Å². The van der Waals surface area contributed by atoms with Crippen molar-refractivity contribution in [2.24, 2.45) is 5.73 Å². The number of nitrogens with one attached hydrogen (secondary N) is 2. The Labute approximate surface area is 121 Å². The zero-order valence-corrected chi connectivity index (χ0v) is 11.4. The van der Waals surface area contributed by atoms with Crippen LogP contribution in [-0.2, 0) is 11.3 Å². The molecule has 0 bridgehead atoms. The molecular weight excluding hydrogens is 276 g/mol. The van der Waals surface area contributed by atoms with E-state index in [0.29, 0.717) is 17.9 Å². The number of carbonyl (C=O) groups is 1. The van der Waals surface area contributed by atoms with Gasteiger partial charge in [-0.2, -0.15) is 5.10 Å². The predicted octanol–water partition coefficient (Wildman–Crippen LogP) is 0.739. The van der Waals surface area contributed by atoms with Gasteiger partial charge in [-0.05, 0) is 12.1 Å². The number of para-hydroxylation sites is 1. The van der Waals surface area contributed by atoms with E-state index in [4.69, 9.17) is 22.7 Å². The third-order valence-electron chi connectivity index (χ3n) is 2.56. The summed E-state index contributed by atoms with van der Waals surface area (Å²) in [6.07, 6.45) is 3.35. The van der Waals surface area contributed by atoms with Crippen molar-refractivity contribution in [1.82, 2.24) is 15.5 Å². The summed E-state index contributed by atoms with van der Waals surface area (Å²) in [4.78, 5) is 11.9. The van der Waals surface area contributed by atoms with Gasteiger partial charge in [0.05, 0.1) is 11.8 Å². The Morgan fingerprint density at radius 2 is 2.25 bits per heavy atom. The van der Waals surface area contributed by atoms with E-state index in [2.05, 4.69) is 15.5 Å². The molecule has 0 atom stereocenters. The highest BCUT2D eigenvalue weighted by molar-refractivity contribution is 7.80. The Bertz CT molecular complexity index is 598. The number of hydrogen-bond acceptors (Lipinski definition) is 4. The molecule has 2 aromatic rings. The number of hydrogen-bond donors (Lipinski definition) is 3. The summed E-state index contributed by atoms with van der Waals surface area (Å²) in [5.41, 5.74) is 7.09. The van der Waals surface area contributed by atoms with Crippen molar-refractivity contribution in [3.63, 3.8) is 0 Å². The largest absolute Gasteiger partial charge is 0.483 e. The second-order valence-electron chi connectivity index (χ2n) is 4.03. The smallest absolute Gasteiger partial charge is 0.258 e. The Morgan fingerprint density at radius 3 is 2.95 bits per heavy atom. The molecule has 20 heavy (non-hydrogen) atoms. The minimum atomic E-state index is -0.232. The number of nitrogens with zero attached hydrogens (tertiary/aromatic N) is 1. The number of carbonyl (C=O) groups excluding carboxylic acids is 1. The van der Waals surface area contributed by atoms with E-state index in [1.807, 2.05) is 0 Å². The number of rotatable bonds is 6. The lowest BCUT2D eigenvalue weighted by Crippen LogP contribution is -2.28. The van der Waals surface area contributed by atoms with Crippen LogP contribution in [0, 0.1) is 0 Å².